The maximum Gasteiger partial charge on any atom is 0.422 e. The normalized spacial score (nSPS) is 23.2. The van der Waals surface area contributed by atoms with Crippen LogP contribution < -0.4 is 9.64 Å². The lowest BCUT2D eigenvalue weighted by Crippen LogP contribution is -2.43. The van der Waals surface area contributed by atoms with Crippen molar-refractivity contribution in [3.8, 4) is 5.75 Å². The predicted octanol–water partition coefficient (Wildman–Crippen LogP) is 3.61. The lowest BCUT2D eigenvalue weighted by atomic mass is 9.82. The van der Waals surface area contributed by atoms with Crippen LogP contribution >= 0.6 is 0 Å². The van der Waals surface area contributed by atoms with Crippen molar-refractivity contribution in [2.24, 2.45) is 17.8 Å². The molecule has 1 saturated heterocycles. The van der Waals surface area contributed by atoms with Crippen LogP contribution in [0.4, 0.5) is 23.4 Å². The maximum absolute atomic E-state index is 14.3. The van der Waals surface area contributed by atoms with E-state index in [9.17, 15) is 17.6 Å². The van der Waals surface area contributed by atoms with Crippen molar-refractivity contribution < 1.29 is 22.3 Å². The van der Waals surface area contributed by atoms with E-state index in [0.29, 0.717) is 54.7 Å². The van der Waals surface area contributed by atoms with Gasteiger partial charge in [0.1, 0.15) is 5.82 Å². The molecule has 1 aliphatic carbocycles. The largest absolute Gasteiger partial charge is 0.480 e. The lowest BCUT2D eigenvalue weighted by molar-refractivity contribution is -0.153. The highest BCUT2D eigenvalue weighted by molar-refractivity contribution is 5.52. The Bertz CT molecular complexity index is 1120. The van der Waals surface area contributed by atoms with Gasteiger partial charge in [0.2, 0.25) is 0 Å². The van der Waals surface area contributed by atoms with Gasteiger partial charge in [0.15, 0.2) is 35.5 Å². The number of alkyl halides is 3. The van der Waals surface area contributed by atoms with Gasteiger partial charge in [-0.05, 0) is 49.7 Å². The average molecular weight is 450 g/mol. The van der Waals surface area contributed by atoms with Gasteiger partial charge < -0.3 is 9.64 Å². The number of pyridine rings is 1. The third kappa shape index (κ3) is 4.07. The molecular formula is C21H22F4N6O. The summed E-state index contributed by atoms with van der Waals surface area (Å²) in [6.45, 7) is 1.76. The molecule has 3 aromatic rings. The van der Waals surface area contributed by atoms with Gasteiger partial charge in [-0.25, -0.2) is 23.9 Å². The number of nitrogens with zero attached hydrogens (tertiary/aromatic N) is 6. The van der Waals surface area contributed by atoms with Crippen LogP contribution in [0.25, 0.3) is 5.65 Å². The first-order valence-corrected chi connectivity index (χ1v) is 10.5. The van der Waals surface area contributed by atoms with Gasteiger partial charge in [0.05, 0.1) is 6.20 Å². The second-order valence-corrected chi connectivity index (χ2v) is 8.53. The SMILES string of the molecule is Cc1ncc(F)c(N2C[C@H]3CC[C@@H](C2)C3Cc2nc3c(OCC(F)(F)F)cccn3n2)n1. The third-order valence-electron chi connectivity index (χ3n) is 6.35. The molecule has 32 heavy (non-hydrogen) atoms. The fraction of sp³-hybridized carbons (Fsp3) is 0.524. The molecule has 11 heteroatoms. The van der Waals surface area contributed by atoms with Crippen molar-refractivity contribution in [3.63, 3.8) is 0 Å². The number of piperidine rings is 1. The van der Waals surface area contributed by atoms with Crippen LogP contribution in [0.1, 0.15) is 24.5 Å². The molecule has 0 spiro atoms. The maximum atomic E-state index is 14.3. The van der Waals surface area contributed by atoms with Gasteiger partial charge in [0.25, 0.3) is 0 Å². The first-order chi connectivity index (χ1) is 15.3. The van der Waals surface area contributed by atoms with Crippen LogP contribution in [-0.2, 0) is 6.42 Å². The van der Waals surface area contributed by atoms with Crippen molar-refractivity contribution in [2.45, 2.75) is 32.4 Å². The molecule has 5 rings (SSSR count). The number of rotatable bonds is 5. The van der Waals surface area contributed by atoms with E-state index in [0.717, 1.165) is 12.8 Å². The van der Waals surface area contributed by atoms with E-state index in [-0.39, 0.29) is 11.4 Å². The molecule has 0 amide bonds. The van der Waals surface area contributed by atoms with E-state index in [1.165, 1.54) is 16.8 Å². The molecule has 3 atom stereocenters. The summed E-state index contributed by atoms with van der Waals surface area (Å²) in [5.74, 6) is 2.12. The zero-order valence-corrected chi connectivity index (χ0v) is 17.4. The Morgan fingerprint density at radius 2 is 1.91 bits per heavy atom. The summed E-state index contributed by atoms with van der Waals surface area (Å²) in [4.78, 5) is 14.7. The zero-order chi connectivity index (χ0) is 22.5. The summed E-state index contributed by atoms with van der Waals surface area (Å²) in [5, 5.41) is 4.46. The molecule has 1 unspecified atom stereocenters. The molecule has 7 nitrogen and oxygen atoms in total. The number of hydrogen-bond acceptors (Lipinski definition) is 6. The van der Waals surface area contributed by atoms with Gasteiger partial charge in [-0.3, -0.25) is 0 Å². The van der Waals surface area contributed by atoms with Gasteiger partial charge in [-0.15, -0.1) is 0 Å². The van der Waals surface area contributed by atoms with Crippen molar-refractivity contribution in [1.29, 1.82) is 0 Å². The number of hydrogen-bond donors (Lipinski definition) is 0. The fourth-order valence-electron chi connectivity index (χ4n) is 5.00. The molecule has 0 N–H and O–H groups in total. The summed E-state index contributed by atoms with van der Waals surface area (Å²) >= 11 is 0. The third-order valence-corrected chi connectivity index (χ3v) is 6.35. The minimum absolute atomic E-state index is 0.0518. The van der Waals surface area contributed by atoms with E-state index in [1.807, 2.05) is 4.90 Å². The fourth-order valence-corrected chi connectivity index (χ4v) is 5.00. The summed E-state index contributed by atoms with van der Waals surface area (Å²) < 4.78 is 58.3. The number of anilines is 1. The monoisotopic (exact) mass is 450 g/mol. The quantitative estimate of drug-likeness (QED) is 0.554. The molecule has 2 fully saturated rings. The standard InChI is InChI=1S/C21H22F4N6O/c1-12-26-8-16(22)19(27-12)30-9-13-4-5-14(10-30)15(13)7-18-28-20-17(32-11-21(23,24)25)3-2-6-31(20)29-18/h2-3,6,8,13-15H,4-5,7,9-11H2,1H3/t13-,14+,15?. The molecule has 0 aromatic carbocycles. The summed E-state index contributed by atoms with van der Waals surface area (Å²) in [6, 6.07) is 3.04. The number of ether oxygens (including phenoxy) is 1. The molecule has 1 saturated carbocycles. The van der Waals surface area contributed by atoms with E-state index in [2.05, 4.69) is 20.1 Å². The van der Waals surface area contributed by atoms with Crippen LogP contribution in [0, 0.1) is 30.5 Å². The van der Waals surface area contributed by atoms with E-state index in [1.54, 1.807) is 19.2 Å². The highest BCUT2D eigenvalue weighted by atomic mass is 19.4. The Labute approximate surface area is 181 Å². The zero-order valence-electron chi connectivity index (χ0n) is 17.4. The second kappa shape index (κ2) is 7.86. The second-order valence-electron chi connectivity index (χ2n) is 8.53. The van der Waals surface area contributed by atoms with Crippen molar-refractivity contribution >= 4 is 11.5 Å². The van der Waals surface area contributed by atoms with Gasteiger partial charge in [-0.2, -0.15) is 18.3 Å². The minimum Gasteiger partial charge on any atom is -0.480 e. The van der Waals surface area contributed by atoms with Crippen molar-refractivity contribution in [3.05, 3.63) is 42.0 Å². The summed E-state index contributed by atoms with van der Waals surface area (Å²) in [5.41, 5.74) is 0.273. The lowest BCUT2D eigenvalue weighted by Gasteiger charge is -2.38. The number of aromatic nitrogens is 5. The van der Waals surface area contributed by atoms with Crippen LogP contribution in [0.2, 0.25) is 0 Å². The Balaban J connectivity index is 1.32. The first kappa shape index (κ1) is 20.9. The van der Waals surface area contributed by atoms with Gasteiger partial charge in [-0.1, -0.05) is 0 Å². The Kier molecular flexibility index (Phi) is 5.13. The van der Waals surface area contributed by atoms with Crippen LogP contribution in [0.5, 0.6) is 5.75 Å². The number of aryl methyl sites for hydroxylation is 1. The molecule has 1 aliphatic heterocycles. The Morgan fingerprint density at radius 3 is 2.62 bits per heavy atom. The first-order valence-electron chi connectivity index (χ1n) is 10.5. The highest BCUT2D eigenvalue weighted by Gasteiger charge is 2.43. The van der Waals surface area contributed by atoms with Crippen LogP contribution in [-0.4, -0.2) is 50.4 Å². The molecule has 170 valence electrons. The van der Waals surface area contributed by atoms with E-state index >= 15 is 0 Å². The van der Waals surface area contributed by atoms with Gasteiger partial charge in [0, 0.05) is 25.7 Å². The van der Waals surface area contributed by atoms with Crippen LogP contribution in [0.15, 0.2) is 24.5 Å². The highest BCUT2D eigenvalue weighted by Crippen LogP contribution is 2.44. The van der Waals surface area contributed by atoms with Crippen LogP contribution in [0.3, 0.4) is 0 Å². The smallest absolute Gasteiger partial charge is 0.422 e. The molecule has 3 aromatic heterocycles. The van der Waals surface area contributed by atoms with E-state index < -0.39 is 18.6 Å². The molecule has 2 aliphatic rings. The minimum atomic E-state index is -4.43. The summed E-state index contributed by atoms with van der Waals surface area (Å²) in [7, 11) is 0. The predicted molar refractivity (Wildman–Crippen MR) is 107 cm³/mol. The van der Waals surface area contributed by atoms with Crippen molar-refractivity contribution in [2.75, 3.05) is 24.6 Å². The molecule has 4 heterocycles. The average Bonchev–Trinajstić information content (AvgIpc) is 3.24. The molecule has 2 bridgehead atoms. The Hall–Kier alpha value is -2.98. The number of halogens is 4. The number of fused-ring (bicyclic) bond motifs is 3. The molecular weight excluding hydrogens is 428 g/mol. The topological polar surface area (TPSA) is 68.4 Å². The summed E-state index contributed by atoms with van der Waals surface area (Å²) in [6.07, 6.45) is 1.11. The Morgan fingerprint density at radius 1 is 1.16 bits per heavy atom. The molecule has 0 radical (unpaired) electrons. The van der Waals surface area contributed by atoms with Crippen molar-refractivity contribution in [1.82, 2.24) is 24.6 Å². The van der Waals surface area contributed by atoms with E-state index in [4.69, 9.17) is 4.74 Å². The van der Waals surface area contributed by atoms with Gasteiger partial charge >= 0.3 is 6.18 Å².